The minimum absolute atomic E-state index is 0.0692. The van der Waals surface area contributed by atoms with Crippen LogP contribution >= 0.6 is 0 Å². The molecule has 0 amide bonds. The van der Waals surface area contributed by atoms with Crippen molar-refractivity contribution in [2.75, 3.05) is 19.8 Å². The van der Waals surface area contributed by atoms with Crippen LogP contribution in [0.2, 0.25) is 0 Å². The zero-order valence-corrected chi connectivity index (χ0v) is 13.3. The van der Waals surface area contributed by atoms with Gasteiger partial charge in [0, 0.05) is 18.2 Å². The summed E-state index contributed by atoms with van der Waals surface area (Å²) < 4.78 is 11.5. The lowest BCUT2D eigenvalue weighted by molar-refractivity contribution is 0.0649. The van der Waals surface area contributed by atoms with Gasteiger partial charge in [0.1, 0.15) is 11.9 Å². The fraction of sp³-hybridized carbons (Fsp3) is 0.647. The third-order valence-electron chi connectivity index (χ3n) is 3.23. The fourth-order valence-electron chi connectivity index (χ4n) is 2.20. The number of nitrogens with one attached hydrogen (secondary N) is 1. The van der Waals surface area contributed by atoms with Gasteiger partial charge in [-0.05, 0) is 39.3 Å². The van der Waals surface area contributed by atoms with Crippen molar-refractivity contribution in [3.8, 4) is 5.75 Å². The maximum atomic E-state index is 6.05. The first kappa shape index (κ1) is 17.0. The van der Waals surface area contributed by atoms with Gasteiger partial charge < -0.3 is 14.8 Å². The largest absolute Gasteiger partial charge is 0.488 e. The van der Waals surface area contributed by atoms with Gasteiger partial charge in [0.05, 0.1) is 6.61 Å². The monoisotopic (exact) mass is 279 g/mol. The zero-order chi connectivity index (χ0) is 14.8. The minimum atomic E-state index is 0.0692. The van der Waals surface area contributed by atoms with Crippen molar-refractivity contribution in [2.24, 2.45) is 0 Å². The second-order valence-corrected chi connectivity index (χ2v) is 5.04. The van der Waals surface area contributed by atoms with Gasteiger partial charge in [0.2, 0.25) is 0 Å². The molecule has 0 heterocycles. The third kappa shape index (κ3) is 5.51. The first-order valence-electron chi connectivity index (χ1n) is 7.79. The summed E-state index contributed by atoms with van der Waals surface area (Å²) in [6, 6.07) is 8.66. The number of benzene rings is 1. The molecule has 0 radical (unpaired) electrons. The average molecular weight is 279 g/mol. The summed E-state index contributed by atoms with van der Waals surface area (Å²) in [6.07, 6.45) is 2.26. The molecule has 0 saturated heterocycles. The molecule has 0 aliphatic carbocycles. The van der Waals surface area contributed by atoms with Crippen LogP contribution in [0, 0.1) is 0 Å². The van der Waals surface area contributed by atoms with Gasteiger partial charge in [-0.3, -0.25) is 0 Å². The Balaban J connectivity index is 2.75. The topological polar surface area (TPSA) is 30.5 Å². The second-order valence-electron chi connectivity index (χ2n) is 5.04. The van der Waals surface area contributed by atoms with Crippen molar-refractivity contribution < 1.29 is 9.47 Å². The van der Waals surface area contributed by atoms with Gasteiger partial charge in [-0.2, -0.15) is 0 Å². The molecule has 20 heavy (non-hydrogen) atoms. The van der Waals surface area contributed by atoms with E-state index in [1.54, 1.807) is 0 Å². The average Bonchev–Trinajstić information content (AvgIpc) is 2.47. The van der Waals surface area contributed by atoms with E-state index in [4.69, 9.17) is 9.47 Å². The van der Waals surface area contributed by atoms with Gasteiger partial charge in [-0.15, -0.1) is 0 Å². The molecule has 114 valence electrons. The smallest absolute Gasteiger partial charge is 0.124 e. The van der Waals surface area contributed by atoms with E-state index in [9.17, 15) is 0 Å². The van der Waals surface area contributed by atoms with E-state index in [-0.39, 0.29) is 6.10 Å². The number of hydrogen-bond donors (Lipinski definition) is 1. The third-order valence-corrected chi connectivity index (χ3v) is 3.23. The molecule has 0 bridgehead atoms. The molecule has 2 unspecified atom stereocenters. The predicted octanol–water partition coefficient (Wildman–Crippen LogP) is 3.94. The lowest BCUT2D eigenvalue weighted by Gasteiger charge is -2.22. The highest BCUT2D eigenvalue weighted by atomic mass is 16.5. The quantitative estimate of drug-likeness (QED) is 0.703. The fourth-order valence-corrected chi connectivity index (χ4v) is 2.20. The van der Waals surface area contributed by atoms with Gasteiger partial charge >= 0.3 is 0 Å². The first-order valence-corrected chi connectivity index (χ1v) is 7.79. The highest BCUT2D eigenvalue weighted by Gasteiger charge is 2.15. The van der Waals surface area contributed by atoms with Crippen LogP contribution in [0.3, 0.4) is 0 Å². The molecule has 1 rings (SSSR count). The Labute approximate surface area is 123 Å². The van der Waals surface area contributed by atoms with Crippen LogP contribution in [-0.4, -0.2) is 25.9 Å². The molecule has 0 saturated carbocycles. The summed E-state index contributed by atoms with van der Waals surface area (Å²) in [4.78, 5) is 0. The molecule has 0 aromatic heterocycles. The van der Waals surface area contributed by atoms with Gasteiger partial charge in [0.15, 0.2) is 0 Å². The Morgan fingerprint density at radius 2 is 1.90 bits per heavy atom. The standard InChI is InChI=1S/C17H29NO2/c1-5-12-18-16(6-2)15-10-8-9-11-17(15)20-14(4)13-19-7-3/h8-11,14,16,18H,5-7,12-13H2,1-4H3. The maximum Gasteiger partial charge on any atom is 0.124 e. The SMILES string of the molecule is CCCNC(CC)c1ccccc1OC(C)COCC. The molecule has 1 aromatic rings. The lowest BCUT2D eigenvalue weighted by Crippen LogP contribution is -2.24. The molecule has 3 heteroatoms. The summed E-state index contributed by atoms with van der Waals surface area (Å²) in [6.45, 7) is 10.8. The van der Waals surface area contributed by atoms with Crippen LogP contribution in [0.1, 0.15) is 52.1 Å². The van der Waals surface area contributed by atoms with E-state index in [1.807, 2.05) is 26.0 Å². The van der Waals surface area contributed by atoms with Crippen LogP contribution in [-0.2, 0) is 4.74 Å². The zero-order valence-electron chi connectivity index (χ0n) is 13.3. The maximum absolute atomic E-state index is 6.05. The lowest BCUT2D eigenvalue weighted by atomic mass is 10.0. The number of rotatable bonds is 10. The normalized spacial score (nSPS) is 14.0. The van der Waals surface area contributed by atoms with E-state index < -0.39 is 0 Å². The number of hydrogen-bond acceptors (Lipinski definition) is 3. The molecule has 1 aromatic carbocycles. The van der Waals surface area contributed by atoms with Crippen LogP contribution < -0.4 is 10.1 Å². The molecule has 0 aliphatic heterocycles. The van der Waals surface area contributed by atoms with E-state index >= 15 is 0 Å². The highest BCUT2D eigenvalue weighted by molar-refractivity contribution is 5.36. The van der Waals surface area contributed by atoms with E-state index in [2.05, 4.69) is 31.3 Å². The Morgan fingerprint density at radius 3 is 2.55 bits per heavy atom. The highest BCUT2D eigenvalue weighted by Crippen LogP contribution is 2.28. The molecular formula is C17H29NO2. The summed E-state index contributed by atoms with van der Waals surface area (Å²) in [5.41, 5.74) is 1.24. The van der Waals surface area contributed by atoms with Gasteiger partial charge in [-0.25, -0.2) is 0 Å². The van der Waals surface area contributed by atoms with E-state index in [1.165, 1.54) is 5.56 Å². The molecule has 3 nitrogen and oxygen atoms in total. The molecular weight excluding hydrogens is 250 g/mol. The molecule has 2 atom stereocenters. The molecule has 0 spiro atoms. The number of ether oxygens (including phenoxy) is 2. The first-order chi connectivity index (χ1) is 9.72. The van der Waals surface area contributed by atoms with E-state index in [0.29, 0.717) is 12.6 Å². The van der Waals surface area contributed by atoms with Crippen molar-refractivity contribution >= 4 is 0 Å². The Hall–Kier alpha value is -1.06. The minimum Gasteiger partial charge on any atom is -0.488 e. The summed E-state index contributed by atoms with van der Waals surface area (Å²) in [5.74, 6) is 0.968. The Kier molecular flexibility index (Phi) is 8.31. The van der Waals surface area contributed by atoms with Crippen LogP contribution in [0.15, 0.2) is 24.3 Å². The van der Waals surface area contributed by atoms with Crippen molar-refractivity contribution in [1.29, 1.82) is 0 Å². The molecule has 0 aliphatic rings. The van der Waals surface area contributed by atoms with Crippen LogP contribution in [0.25, 0.3) is 0 Å². The Morgan fingerprint density at radius 1 is 1.15 bits per heavy atom. The van der Waals surface area contributed by atoms with Crippen molar-refractivity contribution in [1.82, 2.24) is 5.32 Å². The van der Waals surface area contributed by atoms with Gasteiger partial charge in [0.25, 0.3) is 0 Å². The van der Waals surface area contributed by atoms with Crippen molar-refractivity contribution in [3.63, 3.8) is 0 Å². The van der Waals surface area contributed by atoms with Crippen molar-refractivity contribution in [2.45, 2.75) is 52.7 Å². The number of para-hydroxylation sites is 1. The van der Waals surface area contributed by atoms with Crippen LogP contribution in [0.4, 0.5) is 0 Å². The molecule has 0 fully saturated rings. The van der Waals surface area contributed by atoms with Crippen LogP contribution in [0.5, 0.6) is 5.75 Å². The predicted molar refractivity (Wildman–Crippen MR) is 84.4 cm³/mol. The Bertz CT molecular complexity index is 368. The van der Waals surface area contributed by atoms with Crippen molar-refractivity contribution in [3.05, 3.63) is 29.8 Å². The summed E-state index contributed by atoms with van der Waals surface area (Å²) >= 11 is 0. The second kappa shape index (κ2) is 9.78. The summed E-state index contributed by atoms with van der Waals surface area (Å²) in [7, 11) is 0. The van der Waals surface area contributed by atoms with Gasteiger partial charge in [-0.1, -0.05) is 32.0 Å². The molecule has 1 N–H and O–H groups in total. The summed E-state index contributed by atoms with van der Waals surface area (Å²) in [5, 5.41) is 3.58. The van der Waals surface area contributed by atoms with E-state index in [0.717, 1.165) is 31.7 Å².